The minimum atomic E-state index is -0.418. The Morgan fingerprint density at radius 2 is 1.90 bits per heavy atom. The van der Waals surface area contributed by atoms with Gasteiger partial charge in [-0.2, -0.15) is 5.10 Å². The number of amides is 2. The van der Waals surface area contributed by atoms with Crippen LogP contribution in [0.25, 0.3) is 0 Å². The maximum Gasteiger partial charge on any atom is 0.292 e. The minimum Gasteiger partial charge on any atom is -0.493 e. The van der Waals surface area contributed by atoms with Gasteiger partial charge in [-0.3, -0.25) is 14.3 Å². The van der Waals surface area contributed by atoms with E-state index in [1.165, 1.54) is 17.0 Å². The molecular formula is C20H22N4O5. The Labute approximate surface area is 167 Å². The molecule has 2 N–H and O–H groups in total. The summed E-state index contributed by atoms with van der Waals surface area (Å²) >= 11 is 0. The number of benzene rings is 1. The molecular weight excluding hydrogens is 376 g/mol. The van der Waals surface area contributed by atoms with Gasteiger partial charge in [-0.15, -0.1) is 0 Å². The topological polar surface area (TPSA) is 108 Å². The lowest BCUT2D eigenvalue weighted by molar-refractivity contribution is 0.0947. The van der Waals surface area contributed by atoms with Crippen LogP contribution >= 0.6 is 0 Å². The summed E-state index contributed by atoms with van der Waals surface area (Å²) in [6.07, 6.45) is 2.02. The van der Waals surface area contributed by atoms with Crippen molar-refractivity contribution in [2.24, 2.45) is 7.05 Å². The standard InChI is InChI=1S/C20H22N4O5/c1-24-18(22-20(26)16-5-4-10-29-16)12-14(23-24)19(25)21-9-8-13-6-7-15(27-2)17(11-13)28-3/h4-7,10-12H,8-9H2,1-3H3,(H,21,25)(H,22,26). The smallest absolute Gasteiger partial charge is 0.292 e. The lowest BCUT2D eigenvalue weighted by Crippen LogP contribution is -2.26. The number of rotatable bonds is 8. The second kappa shape index (κ2) is 8.96. The number of nitrogens with zero attached hydrogens (tertiary/aromatic N) is 2. The SMILES string of the molecule is COc1ccc(CCNC(=O)c2cc(NC(=O)c3ccco3)n(C)n2)cc1OC. The molecule has 0 aliphatic carbocycles. The summed E-state index contributed by atoms with van der Waals surface area (Å²) in [5.74, 6) is 1.09. The number of aromatic nitrogens is 2. The molecule has 0 saturated carbocycles. The van der Waals surface area contributed by atoms with Crippen LogP contribution < -0.4 is 20.1 Å². The van der Waals surface area contributed by atoms with Crippen molar-refractivity contribution in [2.45, 2.75) is 6.42 Å². The summed E-state index contributed by atoms with van der Waals surface area (Å²) in [6.45, 7) is 0.416. The molecule has 3 aromatic rings. The number of hydrogen-bond donors (Lipinski definition) is 2. The van der Waals surface area contributed by atoms with Gasteiger partial charge in [-0.25, -0.2) is 0 Å². The Kier molecular flexibility index (Phi) is 6.18. The summed E-state index contributed by atoms with van der Waals surface area (Å²) in [5, 5.41) is 9.62. The number of anilines is 1. The summed E-state index contributed by atoms with van der Waals surface area (Å²) in [4.78, 5) is 24.4. The number of furan rings is 1. The molecule has 0 saturated heterocycles. The number of ether oxygens (including phenoxy) is 2. The average molecular weight is 398 g/mol. The molecule has 2 aromatic heterocycles. The van der Waals surface area contributed by atoms with Gasteiger partial charge in [0.05, 0.1) is 20.5 Å². The summed E-state index contributed by atoms with van der Waals surface area (Å²) in [5.41, 5.74) is 1.20. The van der Waals surface area contributed by atoms with Crippen LogP contribution in [0.5, 0.6) is 11.5 Å². The normalized spacial score (nSPS) is 10.4. The monoisotopic (exact) mass is 398 g/mol. The Bertz CT molecular complexity index is 994. The molecule has 3 rings (SSSR count). The van der Waals surface area contributed by atoms with E-state index in [0.717, 1.165) is 5.56 Å². The Balaban J connectivity index is 1.57. The van der Waals surface area contributed by atoms with Gasteiger partial charge >= 0.3 is 0 Å². The van der Waals surface area contributed by atoms with Crippen molar-refractivity contribution in [2.75, 3.05) is 26.1 Å². The highest BCUT2D eigenvalue weighted by Crippen LogP contribution is 2.27. The van der Waals surface area contributed by atoms with Crippen LogP contribution in [0.2, 0.25) is 0 Å². The van der Waals surface area contributed by atoms with Crippen molar-refractivity contribution in [3.8, 4) is 11.5 Å². The van der Waals surface area contributed by atoms with Gasteiger partial charge in [0, 0.05) is 19.7 Å². The molecule has 0 spiro atoms. The molecule has 9 heteroatoms. The van der Waals surface area contributed by atoms with E-state index in [0.29, 0.717) is 30.3 Å². The predicted molar refractivity (Wildman–Crippen MR) is 105 cm³/mol. The van der Waals surface area contributed by atoms with Crippen LogP contribution in [-0.2, 0) is 13.5 Å². The van der Waals surface area contributed by atoms with Crippen molar-refractivity contribution in [1.29, 1.82) is 0 Å². The third kappa shape index (κ3) is 4.75. The molecule has 29 heavy (non-hydrogen) atoms. The van der Waals surface area contributed by atoms with Crippen LogP contribution in [0.15, 0.2) is 47.1 Å². The lowest BCUT2D eigenvalue weighted by Gasteiger charge is -2.09. The van der Waals surface area contributed by atoms with Gasteiger partial charge in [-0.05, 0) is 36.2 Å². The van der Waals surface area contributed by atoms with Crippen LogP contribution in [0.3, 0.4) is 0 Å². The zero-order chi connectivity index (χ0) is 20.8. The van der Waals surface area contributed by atoms with Crippen LogP contribution in [0.1, 0.15) is 26.6 Å². The number of carbonyl (C=O) groups excluding carboxylic acids is 2. The fourth-order valence-corrected chi connectivity index (χ4v) is 2.73. The van der Waals surface area contributed by atoms with Gasteiger partial charge in [0.1, 0.15) is 5.82 Å². The van der Waals surface area contributed by atoms with Crippen molar-refractivity contribution in [3.05, 3.63) is 59.7 Å². The molecule has 2 heterocycles. The molecule has 0 atom stereocenters. The minimum absolute atomic E-state index is 0.173. The zero-order valence-corrected chi connectivity index (χ0v) is 16.4. The predicted octanol–water partition coefficient (Wildman–Crippen LogP) is 2.26. The molecule has 0 aliphatic rings. The Morgan fingerprint density at radius 3 is 2.59 bits per heavy atom. The number of aryl methyl sites for hydroxylation is 1. The first-order valence-corrected chi connectivity index (χ1v) is 8.90. The second-order valence-electron chi connectivity index (χ2n) is 6.17. The number of methoxy groups -OCH3 is 2. The molecule has 0 unspecified atom stereocenters. The maximum atomic E-state index is 12.4. The van der Waals surface area contributed by atoms with Crippen molar-refractivity contribution >= 4 is 17.6 Å². The van der Waals surface area contributed by atoms with E-state index in [-0.39, 0.29) is 17.4 Å². The first-order chi connectivity index (χ1) is 14.0. The highest BCUT2D eigenvalue weighted by atomic mass is 16.5. The largest absolute Gasteiger partial charge is 0.493 e. The van der Waals surface area contributed by atoms with E-state index >= 15 is 0 Å². The quantitative estimate of drug-likeness (QED) is 0.603. The highest BCUT2D eigenvalue weighted by Gasteiger charge is 2.16. The van der Waals surface area contributed by atoms with E-state index < -0.39 is 5.91 Å². The van der Waals surface area contributed by atoms with E-state index in [2.05, 4.69) is 15.7 Å². The first-order valence-electron chi connectivity index (χ1n) is 8.90. The van der Waals surface area contributed by atoms with E-state index in [9.17, 15) is 9.59 Å². The molecule has 152 valence electrons. The highest BCUT2D eigenvalue weighted by molar-refractivity contribution is 6.02. The lowest BCUT2D eigenvalue weighted by atomic mass is 10.1. The molecule has 1 aromatic carbocycles. The second-order valence-corrected chi connectivity index (χ2v) is 6.17. The average Bonchev–Trinajstić information content (AvgIpc) is 3.38. The van der Waals surface area contributed by atoms with E-state index in [4.69, 9.17) is 13.9 Å². The third-order valence-electron chi connectivity index (χ3n) is 4.25. The Hall–Kier alpha value is -3.75. The number of hydrogen-bond acceptors (Lipinski definition) is 6. The molecule has 0 radical (unpaired) electrons. The fraction of sp³-hybridized carbons (Fsp3) is 0.250. The summed E-state index contributed by atoms with van der Waals surface area (Å²) in [6, 6.07) is 10.3. The summed E-state index contributed by atoms with van der Waals surface area (Å²) < 4.78 is 17.0. The van der Waals surface area contributed by atoms with E-state index in [1.54, 1.807) is 33.4 Å². The third-order valence-corrected chi connectivity index (χ3v) is 4.25. The molecule has 0 bridgehead atoms. The van der Waals surface area contributed by atoms with Gasteiger partial charge < -0.3 is 24.5 Å². The van der Waals surface area contributed by atoms with Gasteiger partial charge in [0.2, 0.25) is 0 Å². The molecule has 2 amide bonds. The van der Waals surface area contributed by atoms with Crippen LogP contribution in [0.4, 0.5) is 5.82 Å². The van der Waals surface area contributed by atoms with Gasteiger partial charge in [0.25, 0.3) is 11.8 Å². The van der Waals surface area contributed by atoms with Crippen LogP contribution in [0, 0.1) is 0 Å². The van der Waals surface area contributed by atoms with E-state index in [1.807, 2.05) is 18.2 Å². The first kappa shape index (κ1) is 20.0. The van der Waals surface area contributed by atoms with Crippen molar-refractivity contribution in [1.82, 2.24) is 15.1 Å². The summed E-state index contributed by atoms with van der Waals surface area (Å²) in [7, 11) is 4.79. The molecule has 0 aliphatic heterocycles. The maximum absolute atomic E-state index is 12.4. The van der Waals surface area contributed by atoms with Gasteiger partial charge in [-0.1, -0.05) is 6.07 Å². The van der Waals surface area contributed by atoms with Crippen molar-refractivity contribution < 1.29 is 23.5 Å². The van der Waals surface area contributed by atoms with Gasteiger partial charge in [0.15, 0.2) is 23.0 Å². The fourth-order valence-electron chi connectivity index (χ4n) is 2.73. The van der Waals surface area contributed by atoms with Crippen molar-refractivity contribution in [3.63, 3.8) is 0 Å². The number of nitrogens with one attached hydrogen (secondary N) is 2. The zero-order valence-electron chi connectivity index (χ0n) is 16.4. The van der Waals surface area contributed by atoms with Crippen LogP contribution in [-0.4, -0.2) is 42.4 Å². The number of carbonyl (C=O) groups is 2. The molecule has 9 nitrogen and oxygen atoms in total. The molecule has 0 fully saturated rings. The Morgan fingerprint density at radius 1 is 1.10 bits per heavy atom.